The number of hydrogen-bond donors (Lipinski definition) is 5. The Morgan fingerprint density at radius 1 is 0.672 bits per heavy atom. The lowest BCUT2D eigenvalue weighted by atomic mass is 10.0. The highest BCUT2D eigenvalue weighted by molar-refractivity contribution is 7.90. The molecular formula is C42H55ClN8O11S2. The molecule has 5 N–H and O–H groups in total. The lowest BCUT2D eigenvalue weighted by molar-refractivity contribution is -0.122. The first-order chi connectivity index (χ1) is 29.5. The molecule has 64 heavy (non-hydrogen) atoms. The summed E-state index contributed by atoms with van der Waals surface area (Å²) in [6.45, 7) is 17.5. The number of carbonyl (C=O) groups is 4. The molecule has 0 spiro atoms. The maximum absolute atomic E-state index is 12.9. The summed E-state index contributed by atoms with van der Waals surface area (Å²) in [7, 11) is -8.47. The summed E-state index contributed by atoms with van der Waals surface area (Å²) in [5, 5.41) is 4.91. The summed E-state index contributed by atoms with van der Waals surface area (Å²) in [6.07, 6.45) is 1.55. The van der Waals surface area contributed by atoms with E-state index in [9.17, 15) is 40.8 Å². The van der Waals surface area contributed by atoms with E-state index in [4.69, 9.17) is 21.1 Å². The largest absolute Gasteiger partial charge is 0.444 e. The number of aromatic amines is 1. The highest BCUT2D eigenvalue weighted by Gasteiger charge is 2.30. The predicted molar refractivity (Wildman–Crippen MR) is 239 cm³/mol. The molecule has 4 rings (SSSR count). The van der Waals surface area contributed by atoms with Crippen molar-refractivity contribution in [3.8, 4) is 22.5 Å². The number of rotatable bonds is 14. The molecule has 0 radical (unpaired) electrons. The van der Waals surface area contributed by atoms with Crippen molar-refractivity contribution in [1.29, 1.82) is 0 Å². The van der Waals surface area contributed by atoms with Gasteiger partial charge in [-0.05, 0) is 120 Å². The second-order valence-electron chi connectivity index (χ2n) is 17.2. The Labute approximate surface area is 378 Å². The molecule has 0 fully saturated rings. The number of aromatic nitrogens is 4. The first-order valence-corrected chi connectivity index (χ1v) is 23.2. The summed E-state index contributed by atoms with van der Waals surface area (Å²) >= 11 is 5.81. The van der Waals surface area contributed by atoms with Gasteiger partial charge in [-0.1, -0.05) is 52.0 Å². The highest BCUT2D eigenvalue weighted by atomic mass is 35.5. The average molecular weight is 948 g/mol. The van der Waals surface area contributed by atoms with Gasteiger partial charge in [-0.3, -0.25) is 9.59 Å². The van der Waals surface area contributed by atoms with Crippen LogP contribution in [0.1, 0.15) is 82.1 Å². The second kappa shape index (κ2) is 22.1. The summed E-state index contributed by atoms with van der Waals surface area (Å²) < 4.78 is 65.8. The van der Waals surface area contributed by atoms with E-state index in [-0.39, 0.29) is 39.8 Å². The van der Waals surface area contributed by atoms with Gasteiger partial charge in [0.25, 0.3) is 31.9 Å². The minimum Gasteiger partial charge on any atom is -0.444 e. The van der Waals surface area contributed by atoms with E-state index in [1.54, 1.807) is 59.7 Å². The van der Waals surface area contributed by atoms with E-state index in [2.05, 4.69) is 30.6 Å². The SMILES string of the molecule is CC(C)C[C@H](NC(=O)OC(C)(C)C)C(=O)NS(=O)(=O)c1cccc(-c2ccnc(=O)[nH]2)c1.CC(C)C[C@H](NC(=O)OC(C)(C)C)C(=O)NS(=O)(=O)c1cccc(-c2ccnc(Cl)n2)c1. The van der Waals surface area contributed by atoms with E-state index < -0.39 is 73.0 Å². The van der Waals surface area contributed by atoms with Gasteiger partial charge in [0.15, 0.2) is 0 Å². The van der Waals surface area contributed by atoms with Crippen molar-refractivity contribution in [3.63, 3.8) is 0 Å². The molecular weight excluding hydrogens is 892 g/mol. The molecule has 0 unspecified atom stereocenters. The van der Waals surface area contributed by atoms with Crippen LogP contribution >= 0.6 is 11.6 Å². The third kappa shape index (κ3) is 17.7. The molecule has 2 atom stereocenters. The van der Waals surface area contributed by atoms with E-state index >= 15 is 0 Å². The average Bonchev–Trinajstić information content (AvgIpc) is 3.15. The molecule has 2 aromatic heterocycles. The molecule has 4 aromatic rings. The lowest BCUT2D eigenvalue weighted by Gasteiger charge is -2.24. The predicted octanol–water partition coefficient (Wildman–Crippen LogP) is 5.72. The summed E-state index contributed by atoms with van der Waals surface area (Å²) in [5.41, 5.74) is -0.410. The Kier molecular flexibility index (Phi) is 18.1. The van der Waals surface area contributed by atoms with Gasteiger partial charge in [0.2, 0.25) is 5.28 Å². The summed E-state index contributed by atoms with van der Waals surface area (Å²) in [6, 6.07) is 12.5. The molecule has 0 saturated heterocycles. The topological polar surface area (TPSA) is 275 Å². The van der Waals surface area contributed by atoms with Crippen molar-refractivity contribution in [2.75, 3.05) is 0 Å². The highest BCUT2D eigenvalue weighted by Crippen LogP contribution is 2.23. The van der Waals surface area contributed by atoms with Gasteiger partial charge < -0.3 is 25.1 Å². The Morgan fingerprint density at radius 2 is 1.11 bits per heavy atom. The zero-order chi connectivity index (χ0) is 48.2. The first kappa shape index (κ1) is 52.4. The maximum Gasteiger partial charge on any atom is 0.408 e. The third-order valence-electron chi connectivity index (χ3n) is 8.10. The van der Waals surface area contributed by atoms with Crippen LogP contribution < -0.4 is 25.8 Å². The van der Waals surface area contributed by atoms with Gasteiger partial charge in [-0.15, -0.1) is 0 Å². The minimum atomic E-state index is -4.25. The number of nitrogens with zero attached hydrogens (tertiary/aromatic N) is 3. The third-order valence-corrected chi connectivity index (χ3v) is 11.0. The number of nitrogens with one attached hydrogen (secondary N) is 5. The van der Waals surface area contributed by atoms with Crippen molar-refractivity contribution in [1.82, 2.24) is 40.0 Å². The zero-order valence-corrected chi connectivity index (χ0v) is 39.6. The molecule has 22 heteroatoms. The normalized spacial score (nSPS) is 12.8. The fourth-order valence-corrected chi connectivity index (χ4v) is 7.79. The Bertz CT molecular complexity index is 2570. The standard InChI is InChI=1S/C21H27ClN4O5S.C21H28N4O6S/c1-13(2)11-17(25-20(28)31-21(3,4)5)18(27)26-32(29,30)15-8-6-7-14(12-15)16-9-10-23-19(22)24-16;1-13(2)11-17(24-20(28)31-21(3,4)5)18(26)25-32(29,30)15-8-6-7-14(12-15)16-9-10-22-19(27)23-16/h6-10,12-13,17H,11H2,1-5H3,(H,25,28)(H,26,27);6-10,12-13,17H,11H2,1-5H3,(H,24,28)(H,25,26)(H,22,23,27)/t2*17-/m00/s1. The number of hydrogen-bond acceptors (Lipinski definition) is 14. The van der Waals surface area contributed by atoms with Crippen LogP contribution in [0.5, 0.6) is 0 Å². The lowest BCUT2D eigenvalue weighted by Crippen LogP contribution is -2.50. The van der Waals surface area contributed by atoms with E-state index in [1.165, 1.54) is 54.9 Å². The molecule has 0 aliphatic heterocycles. The van der Waals surface area contributed by atoms with Crippen molar-refractivity contribution in [3.05, 3.63) is 88.8 Å². The molecule has 4 amide bonds. The fourth-order valence-electron chi connectivity index (χ4n) is 5.52. The van der Waals surface area contributed by atoms with Crippen LogP contribution in [-0.4, -0.2) is 84.1 Å². The molecule has 348 valence electrons. The van der Waals surface area contributed by atoms with Gasteiger partial charge in [0.1, 0.15) is 23.3 Å². The van der Waals surface area contributed by atoms with E-state index in [1.807, 2.05) is 37.1 Å². The molecule has 0 aliphatic rings. The Balaban J connectivity index is 0.000000340. The minimum absolute atomic E-state index is 0.00441. The van der Waals surface area contributed by atoms with Gasteiger partial charge in [-0.2, -0.15) is 0 Å². The van der Waals surface area contributed by atoms with Crippen molar-refractivity contribution < 1.29 is 45.5 Å². The molecule has 2 heterocycles. The van der Waals surface area contributed by atoms with Crippen LogP contribution in [0.15, 0.2) is 87.6 Å². The number of ether oxygens (including phenoxy) is 2. The maximum atomic E-state index is 12.9. The van der Waals surface area contributed by atoms with Gasteiger partial charge in [-0.25, -0.2) is 55.6 Å². The fraction of sp³-hybridized carbons (Fsp3) is 0.429. The van der Waals surface area contributed by atoms with Crippen molar-refractivity contribution in [2.45, 2.75) is 115 Å². The molecule has 2 aromatic carbocycles. The zero-order valence-electron chi connectivity index (χ0n) is 37.2. The number of benzene rings is 2. The Morgan fingerprint density at radius 3 is 1.53 bits per heavy atom. The monoisotopic (exact) mass is 946 g/mol. The quantitative estimate of drug-likeness (QED) is 0.0946. The Hall–Kier alpha value is -5.93. The van der Waals surface area contributed by atoms with Gasteiger partial charge in [0.05, 0.1) is 21.2 Å². The molecule has 19 nitrogen and oxygen atoms in total. The van der Waals surface area contributed by atoms with Crippen LogP contribution in [-0.2, 0) is 39.1 Å². The smallest absolute Gasteiger partial charge is 0.408 e. The van der Waals surface area contributed by atoms with Crippen LogP contribution in [0.3, 0.4) is 0 Å². The second-order valence-corrected chi connectivity index (χ2v) is 20.9. The number of H-pyrrole nitrogens is 1. The van der Waals surface area contributed by atoms with Crippen molar-refractivity contribution >= 4 is 55.6 Å². The van der Waals surface area contributed by atoms with Crippen LogP contribution in [0.4, 0.5) is 9.59 Å². The van der Waals surface area contributed by atoms with E-state index in [0.29, 0.717) is 22.5 Å². The summed E-state index contributed by atoms with van der Waals surface area (Å²) in [5.74, 6) is -1.74. The number of alkyl carbamates (subject to hydrolysis) is 2. The van der Waals surface area contributed by atoms with Gasteiger partial charge >= 0.3 is 17.9 Å². The summed E-state index contributed by atoms with van der Waals surface area (Å²) in [4.78, 5) is 74.8. The molecule has 0 aliphatic carbocycles. The first-order valence-electron chi connectivity index (χ1n) is 19.9. The number of carbonyl (C=O) groups excluding carboxylic acids is 4. The van der Waals surface area contributed by atoms with Crippen LogP contribution in [0.25, 0.3) is 22.5 Å². The number of amides is 4. The number of sulfonamides is 2. The van der Waals surface area contributed by atoms with Crippen LogP contribution in [0.2, 0.25) is 5.28 Å². The number of halogens is 1. The van der Waals surface area contributed by atoms with E-state index in [0.717, 1.165) is 0 Å². The molecule has 0 saturated carbocycles. The van der Waals surface area contributed by atoms with Gasteiger partial charge in [0, 0.05) is 18.0 Å². The van der Waals surface area contributed by atoms with Crippen LogP contribution in [0, 0.1) is 11.8 Å². The molecule has 0 bridgehead atoms. The van der Waals surface area contributed by atoms with Crippen molar-refractivity contribution in [2.24, 2.45) is 11.8 Å².